The molecule has 1 aliphatic rings. The third kappa shape index (κ3) is 2.29. The van der Waals surface area contributed by atoms with Crippen molar-refractivity contribution in [2.24, 2.45) is 7.05 Å². The zero-order valence-electron chi connectivity index (χ0n) is 13.6. The molecule has 1 saturated heterocycles. The Balaban J connectivity index is 1.52. The molecule has 0 radical (unpaired) electrons. The molecule has 1 N–H and O–H groups in total. The van der Waals surface area contributed by atoms with E-state index in [2.05, 4.69) is 30.2 Å². The summed E-state index contributed by atoms with van der Waals surface area (Å²) in [7, 11) is 1.86. The summed E-state index contributed by atoms with van der Waals surface area (Å²) in [6.07, 6.45) is 4.94. The predicted molar refractivity (Wildman–Crippen MR) is 87.7 cm³/mol. The van der Waals surface area contributed by atoms with Gasteiger partial charge in [0.1, 0.15) is 12.1 Å². The number of carbonyl (C=O) groups excluding carboxylic acids is 1. The van der Waals surface area contributed by atoms with Crippen LogP contribution in [0.4, 0.5) is 5.82 Å². The Hall–Kier alpha value is -2.97. The number of aryl methyl sites for hydroxylation is 2. The van der Waals surface area contributed by atoms with Crippen LogP contribution in [0.5, 0.6) is 0 Å². The molecule has 0 aromatic carbocycles. The van der Waals surface area contributed by atoms with Gasteiger partial charge in [-0.15, -0.1) is 0 Å². The molecule has 124 valence electrons. The van der Waals surface area contributed by atoms with Crippen LogP contribution in [0.3, 0.4) is 0 Å². The second-order valence-electron chi connectivity index (χ2n) is 5.89. The minimum atomic E-state index is 0.0233. The number of rotatable bonds is 2. The number of amides is 1. The highest BCUT2D eigenvalue weighted by Crippen LogP contribution is 2.23. The Morgan fingerprint density at radius 3 is 2.67 bits per heavy atom. The van der Waals surface area contributed by atoms with Crippen LogP contribution >= 0.6 is 0 Å². The van der Waals surface area contributed by atoms with Crippen molar-refractivity contribution in [2.45, 2.75) is 6.92 Å². The number of fused-ring (bicyclic) bond motifs is 1. The number of hydrogen-bond donors (Lipinski definition) is 1. The molecular formula is C15H18N8O. The molecule has 9 nitrogen and oxygen atoms in total. The fourth-order valence-electron chi connectivity index (χ4n) is 3.06. The summed E-state index contributed by atoms with van der Waals surface area (Å²) >= 11 is 0. The first-order valence-corrected chi connectivity index (χ1v) is 7.82. The Morgan fingerprint density at radius 2 is 1.96 bits per heavy atom. The molecule has 0 aliphatic carbocycles. The summed E-state index contributed by atoms with van der Waals surface area (Å²) in [5.41, 5.74) is 2.25. The molecule has 4 rings (SSSR count). The molecule has 3 aromatic rings. The van der Waals surface area contributed by atoms with Gasteiger partial charge in [-0.1, -0.05) is 0 Å². The Morgan fingerprint density at radius 1 is 1.17 bits per heavy atom. The van der Waals surface area contributed by atoms with E-state index in [-0.39, 0.29) is 5.91 Å². The number of aromatic nitrogens is 6. The lowest BCUT2D eigenvalue weighted by Crippen LogP contribution is -2.49. The molecule has 0 unspecified atom stereocenters. The van der Waals surface area contributed by atoms with Crippen LogP contribution in [0.15, 0.2) is 18.7 Å². The van der Waals surface area contributed by atoms with Gasteiger partial charge in [0, 0.05) is 38.9 Å². The minimum Gasteiger partial charge on any atom is -0.352 e. The first kappa shape index (κ1) is 14.6. The molecule has 0 spiro atoms. The van der Waals surface area contributed by atoms with Crippen molar-refractivity contribution in [1.29, 1.82) is 0 Å². The number of carbonyl (C=O) groups is 1. The molecule has 4 heterocycles. The van der Waals surface area contributed by atoms with Crippen LogP contribution in [0.2, 0.25) is 0 Å². The summed E-state index contributed by atoms with van der Waals surface area (Å²) in [5.74, 6) is 0.898. The molecule has 9 heteroatoms. The molecule has 1 fully saturated rings. The van der Waals surface area contributed by atoms with Crippen molar-refractivity contribution >= 4 is 22.8 Å². The van der Waals surface area contributed by atoms with E-state index in [0.717, 1.165) is 35.6 Å². The van der Waals surface area contributed by atoms with Crippen molar-refractivity contribution in [3.63, 3.8) is 0 Å². The topological polar surface area (TPSA) is 95.8 Å². The van der Waals surface area contributed by atoms with Crippen LogP contribution < -0.4 is 4.90 Å². The van der Waals surface area contributed by atoms with Crippen LogP contribution in [0.1, 0.15) is 16.1 Å². The number of anilines is 1. The zero-order valence-corrected chi connectivity index (χ0v) is 13.6. The molecule has 3 aromatic heterocycles. The maximum Gasteiger partial charge on any atom is 0.257 e. The highest BCUT2D eigenvalue weighted by atomic mass is 16.2. The largest absolute Gasteiger partial charge is 0.352 e. The lowest BCUT2D eigenvalue weighted by atomic mass is 10.2. The minimum absolute atomic E-state index is 0.0233. The summed E-state index contributed by atoms with van der Waals surface area (Å²) < 4.78 is 1.74. The monoisotopic (exact) mass is 326 g/mol. The molecule has 0 bridgehead atoms. The van der Waals surface area contributed by atoms with Gasteiger partial charge in [-0.2, -0.15) is 10.2 Å². The fourth-order valence-corrected chi connectivity index (χ4v) is 3.06. The van der Waals surface area contributed by atoms with E-state index >= 15 is 0 Å². The van der Waals surface area contributed by atoms with E-state index in [4.69, 9.17) is 0 Å². The first-order chi connectivity index (χ1) is 11.6. The van der Waals surface area contributed by atoms with Gasteiger partial charge in [0.25, 0.3) is 5.91 Å². The second kappa shape index (κ2) is 5.59. The van der Waals surface area contributed by atoms with E-state index in [0.29, 0.717) is 18.7 Å². The Labute approximate surface area is 138 Å². The van der Waals surface area contributed by atoms with E-state index in [9.17, 15) is 4.79 Å². The summed E-state index contributed by atoms with van der Waals surface area (Å²) in [6.45, 7) is 4.61. The van der Waals surface area contributed by atoms with E-state index < -0.39 is 0 Å². The van der Waals surface area contributed by atoms with E-state index in [1.54, 1.807) is 23.4 Å². The van der Waals surface area contributed by atoms with Gasteiger partial charge in [-0.25, -0.2) is 9.97 Å². The molecule has 0 atom stereocenters. The average molecular weight is 326 g/mol. The van der Waals surface area contributed by atoms with Crippen molar-refractivity contribution in [3.8, 4) is 0 Å². The quantitative estimate of drug-likeness (QED) is 0.730. The third-order valence-electron chi connectivity index (χ3n) is 4.44. The van der Waals surface area contributed by atoms with Crippen molar-refractivity contribution in [2.75, 3.05) is 31.1 Å². The van der Waals surface area contributed by atoms with Crippen LogP contribution in [0, 0.1) is 6.92 Å². The van der Waals surface area contributed by atoms with Gasteiger partial charge in [-0.05, 0) is 6.92 Å². The maximum absolute atomic E-state index is 12.5. The molecule has 24 heavy (non-hydrogen) atoms. The molecule has 1 amide bonds. The summed E-state index contributed by atoms with van der Waals surface area (Å²) in [6, 6.07) is 0. The van der Waals surface area contributed by atoms with Gasteiger partial charge in [0.05, 0.1) is 23.3 Å². The number of piperazine rings is 1. The summed E-state index contributed by atoms with van der Waals surface area (Å²) in [4.78, 5) is 25.3. The van der Waals surface area contributed by atoms with Gasteiger partial charge >= 0.3 is 0 Å². The number of H-pyrrole nitrogens is 1. The van der Waals surface area contributed by atoms with Crippen molar-refractivity contribution < 1.29 is 4.79 Å². The lowest BCUT2D eigenvalue weighted by Gasteiger charge is -2.35. The van der Waals surface area contributed by atoms with Crippen molar-refractivity contribution in [1.82, 2.24) is 34.8 Å². The number of nitrogens with zero attached hydrogens (tertiary/aromatic N) is 7. The van der Waals surface area contributed by atoms with Gasteiger partial charge < -0.3 is 9.80 Å². The Kier molecular flexibility index (Phi) is 3.40. The molecule has 0 saturated carbocycles. The lowest BCUT2D eigenvalue weighted by molar-refractivity contribution is 0.0746. The van der Waals surface area contributed by atoms with Crippen LogP contribution in [0.25, 0.3) is 11.0 Å². The number of hydrogen-bond acceptors (Lipinski definition) is 6. The highest BCUT2D eigenvalue weighted by molar-refractivity contribution is 5.95. The third-order valence-corrected chi connectivity index (χ3v) is 4.44. The van der Waals surface area contributed by atoms with Crippen molar-refractivity contribution in [3.05, 3.63) is 30.0 Å². The SMILES string of the molecule is Cc1[nH]ncc1C(=O)N1CCN(c2ncnc3c2cnn3C)CC1. The van der Waals surface area contributed by atoms with Gasteiger partial charge in [0.2, 0.25) is 0 Å². The molecular weight excluding hydrogens is 308 g/mol. The predicted octanol–water partition coefficient (Wildman–Crippen LogP) is 0.357. The Bertz CT molecular complexity index is 890. The fraction of sp³-hybridized carbons (Fsp3) is 0.400. The normalized spacial score (nSPS) is 15.2. The molecule has 1 aliphatic heterocycles. The number of nitrogens with one attached hydrogen (secondary N) is 1. The van der Waals surface area contributed by atoms with E-state index in [1.165, 1.54) is 0 Å². The number of aromatic amines is 1. The maximum atomic E-state index is 12.5. The highest BCUT2D eigenvalue weighted by Gasteiger charge is 2.25. The smallest absolute Gasteiger partial charge is 0.257 e. The van der Waals surface area contributed by atoms with E-state index in [1.807, 2.05) is 18.9 Å². The van der Waals surface area contributed by atoms with Crippen LogP contribution in [-0.4, -0.2) is 66.9 Å². The zero-order chi connectivity index (χ0) is 16.7. The average Bonchev–Trinajstić information content (AvgIpc) is 3.20. The summed E-state index contributed by atoms with van der Waals surface area (Å²) in [5, 5.41) is 11.9. The second-order valence-corrected chi connectivity index (χ2v) is 5.89. The first-order valence-electron chi connectivity index (χ1n) is 7.82. The van der Waals surface area contributed by atoms with Gasteiger partial charge in [0.15, 0.2) is 5.65 Å². The van der Waals surface area contributed by atoms with Gasteiger partial charge in [-0.3, -0.25) is 14.6 Å². The standard InChI is InChI=1S/C15H18N8O/c1-10-11(7-18-20-10)15(24)23-5-3-22(4-6-23)14-12-8-19-21(2)13(12)16-9-17-14/h7-9H,3-6H2,1-2H3,(H,18,20). The van der Waals surface area contributed by atoms with Crippen LogP contribution in [-0.2, 0) is 7.05 Å².